The van der Waals surface area contributed by atoms with Crippen LogP contribution >= 0.6 is 0 Å². The minimum absolute atomic E-state index is 0.0830. The smallest absolute Gasteiger partial charge is 0.317 e. The third kappa shape index (κ3) is 2.17. The summed E-state index contributed by atoms with van der Waals surface area (Å²) < 4.78 is 6.24. The molecule has 5 fully saturated rings. The van der Waals surface area contributed by atoms with E-state index in [1.165, 1.54) is 50.8 Å². The lowest BCUT2D eigenvalue weighted by molar-refractivity contribution is -0.168. The van der Waals surface area contributed by atoms with Crippen molar-refractivity contribution in [2.45, 2.75) is 50.0 Å². The first kappa shape index (κ1) is 14.9. The Kier molecular flexibility index (Phi) is 3.48. The molecule has 3 nitrogen and oxygen atoms in total. The number of nitrogens with zero attached hydrogens (tertiary/aromatic N) is 1. The molecule has 2 aliphatic carbocycles. The van der Waals surface area contributed by atoms with Crippen molar-refractivity contribution in [3.63, 3.8) is 0 Å². The molecule has 5 aliphatic rings. The van der Waals surface area contributed by atoms with Gasteiger partial charge in [-0.15, -0.1) is 0 Å². The summed E-state index contributed by atoms with van der Waals surface area (Å²) in [6.07, 6.45) is 7.22. The van der Waals surface area contributed by atoms with Gasteiger partial charge < -0.3 is 4.74 Å². The lowest BCUT2D eigenvalue weighted by atomic mass is 9.68. The third-order valence-electron chi connectivity index (χ3n) is 7.36. The second kappa shape index (κ2) is 5.59. The molecular formula is C21H27NO2. The zero-order valence-corrected chi connectivity index (χ0v) is 14.3. The zero-order chi connectivity index (χ0) is 16.1. The van der Waals surface area contributed by atoms with E-state index in [4.69, 9.17) is 4.74 Å². The molecule has 3 saturated heterocycles. The number of carbonyl (C=O) groups is 1. The molecule has 3 heteroatoms. The molecule has 0 amide bonds. The molecule has 128 valence electrons. The summed E-state index contributed by atoms with van der Waals surface area (Å²) in [5, 5.41) is 0. The Bertz CT molecular complexity index is 622. The minimum Gasteiger partial charge on any atom is -0.460 e. The van der Waals surface area contributed by atoms with E-state index in [9.17, 15) is 4.79 Å². The van der Waals surface area contributed by atoms with E-state index in [-0.39, 0.29) is 17.5 Å². The van der Waals surface area contributed by atoms with Gasteiger partial charge in [-0.05, 0) is 68.5 Å². The van der Waals surface area contributed by atoms with Crippen molar-refractivity contribution in [2.75, 3.05) is 19.6 Å². The topological polar surface area (TPSA) is 29.5 Å². The van der Waals surface area contributed by atoms with Crippen LogP contribution in [0.15, 0.2) is 30.3 Å². The van der Waals surface area contributed by atoms with Gasteiger partial charge in [0.1, 0.15) is 6.10 Å². The second-order valence-electron chi connectivity index (χ2n) is 8.50. The first-order chi connectivity index (χ1) is 11.8. The summed E-state index contributed by atoms with van der Waals surface area (Å²) in [6, 6.07) is 10.5. The number of hydrogen-bond donors (Lipinski definition) is 0. The number of esters is 1. The van der Waals surface area contributed by atoms with Crippen LogP contribution in [0.25, 0.3) is 0 Å². The molecule has 3 heterocycles. The summed E-state index contributed by atoms with van der Waals surface area (Å²) >= 11 is 0. The number of ether oxygens (including phenoxy) is 1. The van der Waals surface area contributed by atoms with E-state index in [0.717, 1.165) is 13.0 Å². The minimum atomic E-state index is -0.365. The predicted octanol–water partition coefficient (Wildman–Crippen LogP) is 3.38. The van der Waals surface area contributed by atoms with Gasteiger partial charge in [-0.3, -0.25) is 9.69 Å². The molecule has 3 aliphatic heterocycles. The van der Waals surface area contributed by atoms with Gasteiger partial charge in [0.05, 0.1) is 5.41 Å². The maximum atomic E-state index is 13.5. The predicted molar refractivity (Wildman–Crippen MR) is 92.6 cm³/mol. The Balaban J connectivity index is 1.44. The van der Waals surface area contributed by atoms with Crippen molar-refractivity contribution in [3.8, 4) is 0 Å². The van der Waals surface area contributed by atoms with Crippen molar-refractivity contribution in [3.05, 3.63) is 35.9 Å². The van der Waals surface area contributed by atoms with Gasteiger partial charge in [0.15, 0.2) is 0 Å². The van der Waals surface area contributed by atoms with Gasteiger partial charge in [0.2, 0.25) is 0 Å². The molecule has 0 spiro atoms. The van der Waals surface area contributed by atoms with Crippen molar-refractivity contribution < 1.29 is 9.53 Å². The molecule has 1 aromatic rings. The number of hydrogen-bond acceptors (Lipinski definition) is 3. The van der Waals surface area contributed by atoms with Gasteiger partial charge in [0.25, 0.3) is 0 Å². The first-order valence-electron chi connectivity index (χ1n) is 9.74. The number of rotatable bonds is 3. The third-order valence-corrected chi connectivity index (χ3v) is 7.36. The van der Waals surface area contributed by atoms with Gasteiger partial charge in [-0.1, -0.05) is 36.8 Å². The number of carbonyl (C=O) groups excluding carboxylic acids is 1. The van der Waals surface area contributed by atoms with E-state index in [1.54, 1.807) is 0 Å². The van der Waals surface area contributed by atoms with Crippen LogP contribution < -0.4 is 0 Å². The Morgan fingerprint density at radius 1 is 1.08 bits per heavy atom. The fourth-order valence-corrected chi connectivity index (χ4v) is 6.07. The van der Waals surface area contributed by atoms with E-state index < -0.39 is 0 Å². The molecule has 2 saturated carbocycles. The van der Waals surface area contributed by atoms with Crippen LogP contribution in [-0.4, -0.2) is 36.6 Å². The van der Waals surface area contributed by atoms with Crippen molar-refractivity contribution in [2.24, 2.45) is 17.8 Å². The fraction of sp³-hybridized carbons (Fsp3) is 0.667. The molecule has 24 heavy (non-hydrogen) atoms. The Labute approximate surface area is 144 Å². The van der Waals surface area contributed by atoms with Crippen LogP contribution in [0, 0.1) is 17.8 Å². The lowest BCUT2D eigenvalue weighted by Gasteiger charge is -2.45. The lowest BCUT2D eigenvalue weighted by Crippen LogP contribution is -2.54. The Morgan fingerprint density at radius 2 is 1.88 bits per heavy atom. The molecule has 0 N–H and O–H groups in total. The average molecular weight is 325 g/mol. The molecule has 0 radical (unpaired) electrons. The highest BCUT2D eigenvalue weighted by Crippen LogP contribution is 2.57. The molecule has 4 atom stereocenters. The maximum Gasteiger partial charge on any atom is 0.317 e. The van der Waals surface area contributed by atoms with E-state index in [0.29, 0.717) is 17.8 Å². The van der Waals surface area contributed by atoms with Gasteiger partial charge in [-0.2, -0.15) is 0 Å². The van der Waals surface area contributed by atoms with Gasteiger partial charge >= 0.3 is 5.97 Å². The average Bonchev–Trinajstić information content (AvgIpc) is 3.25. The van der Waals surface area contributed by atoms with Crippen molar-refractivity contribution >= 4 is 5.97 Å². The van der Waals surface area contributed by atoms with Crippen LogP contribution in [0.3, 0.4) is 0 Å². The second-order valence-corrected chi connectivity index (χ2v) is 8.50. The monoisotopic (exact) mass is 325 g/mol. The summed E-state index contributed by atoms with van der Waals surface area (Å²) in [5.74, 6) is 1.87. The van der Waals surface area contributed by atoms with E-state index in [2.05, 4.69) is 29.2 Å². The highest BCUT2D eigenvalue weighted by atomic mass is 16.5. The zero-order valence-electron chi connectivity index (χ0n) is 14.3. The number of fused-ring (bicyclic) bond motifs is 5. The van der Waals surface area contributed by atoms with Crippen LogP contribution in [0.4, 0.5) is 0 Å². The Morgan fingerprint density at radius 3 is 2.46 bits per heavy atom. The Hall–Kier alpha value is -1.35. The molecule has 0 aromatic heterocycles. The quantitative estimate of drug-likeness (QED) is 0.798. The van der Waals surface area contributed by atoms with Gasteiger partial charge in [0, 0.05) is 6.54 Å². The summed E-state index contributed by atoms with van der Waals surface area (Å²) in [4.78, 5) is 15.9. The fourth-order valence-electron chi connectivity index (χ4n) is 6.07. The summed E-state index contributed by atoms with van der Waals surface area (Å²) in [5.41, 5.74) is 0.833. The van der Waals surface area contributed by atoms with Crippen molar-refractivity contribution in [1.82, 2.24) is 4.90 Å². The van der Waals surface area contributed by atoms with Crippen LogP contribution in [-0.2, 0) is 14.9 Å². The van der Waals surface area contributed by atoms with E-state index in [1.807, 2.05) is 6.07 Å². The summed E-state index contributed by atoms with van der Waals surface area (Å²) in [7, 11) is 0. The first-order valence-corrected chi connectivity index (χ1v) is 9.74. The molecule has 6 rings (SSSR count). The highest BCUT2D eigenvalue weighted by molar-refractivity contribution is 5.84. The van der Waals surface area contributed by atoms with Crippen LogP contribution in [0.5, 0.6) is 0 Å². The molecule has 4 unspecified atom stereocenters. The van der Waals surface area contributed by atoms with E-state index >= 15 is 0 Å². The van der Waals surface area contributed by atoms with Crippen LogP contribution in [0.1, 0.15) is 44.1 Å². The largest absolute Gasteiger partial charge is 0.460 e. The maximum absolute atomic E-state index is 13.5. The number of piperidine rings is 3. The summed E-state index contributed by atoms with van der Waals surface area (Å²) in [6.45, 7) is 3.33. The molecule has 1 aromatic carbocycles. The van der Waals surface area contributed by atoms with Crippen LogP contribution in [0.2, 0.25) is 0 Å². The van der Waals surface area contributed by atoms with Gasteiger partial charge in [-0.25, -0.2) is 0 Å². The molecule has 4 bridgehead atoms. The standard InChI is InChI=1S/C21H27NO2/c23-20(24-19-14-22-10-8-16(19)9-11-22)21(17-4-2-1-3-5-17)13-15-6-7-18(21)12-15/h1-5,15-16,18-19H,6-14H2. The number of benzene rings is 1. The molecular weight excluding hydrogens is 298 g/mol. The van der Waals surface area contributed by atoms with Crippen molar-refractivity contribution in [1.29, 1.82) is 0 Å². The SMILES string of the molecule is O=C(OC1CN2CCC1CC2)C1(c2ccccc2)CC2CCC1C2. The normalized spacial score (nSPS) is 43.1. The highest BCUT2D eigenvalue weighted by Gasteiger charge is 2.58.